The zero-order chi connectivity index (χ0) is 17.7. The van der Waals surface area contributed by atoms with Gasteiger partial charge in [0.25, 0.3) is 0 Å². The first-order valence-electron chi connectivity index (χ1n) is 8.73. The summed E-state index contributed by atoms with van der Waals surface area (Å²) in [4.78, 5) is 5.74. The zero-order valence-corrected chi connectivity index (χ0v) is 24.5. The molecule has 0 aromatic carbocycles. The van der Waals surface area contributed by atoms with E-state index in [0.717, 1.165) is 0 Å². The molecular weight excluding hydrogens is 423 g/mol. The molecule has 0 aliphatic carbocycles. The van der Waals surface area contributed by atoms with Crippen molar-refractivity contribution in [2.45, 2.75) is 94.8 Å². The van der Waals surface area contributed by atoms with Crippen molar-refractivity contribution in [2.75, 3.05) is 0 Å². The van der Waals surface area contributed by atoms with Crippen LogP contribution in [0.1, 0.15) is 0 Å². The van der Waals surface area contributed by atoms with Gasteiger partial charge in [-0.2, -0.15) is 0 Å². The van der Waals surface area contributed by atoms with Gasteiger partial charge in [-0.25, -0.2) is 0 Å². The zero-order valence-electron chi connectivity index (χ0n) is 17.7. The molecule has 128 valence electrons. The van der Waals surface area contributed by atoms with E-state index in [1.54, 1.807) is 0 Å². The average molecular weight is 468 g/mol. The molecule has 0 atom stereocenters. The van der Waals surface area contributed by atoms with Crippen molar-refractivity contribution in [3.63, 3.8) is 0 Å². The monoisotopic (exact) mass is 468 g/mol. The molecule has 5 heteroatoms. The van der Waals surface area contributed by atoms with Crippen LogP contribution in [0.25, 0.3) is 0 Å². The van der Waals surface area contributed by atoms with Gasteiger partial charge in [0.05, 0.1) is 0 Å². The van der Waals surface area contributed by atoms with Crippen molar-refractivity contribution in [2.24, 2.45) is 0 Å². The molecule has 0 aliphatic rings. The average Bonchev–Trinajstić information content (AvgIpc) is 1.84. The standard InChI is InChI=1S/2C7H19Si2.2CH3.Sn/c2*1-8(2,3)7-9(4,5)6;;;/h2*7H,1-6H3;2*1H3;. The summed E-state index contributed by atoms with van der Waals surface area (Å²) in [6.07, 6.45) is 0. The summed E-state index contributed by atoms with van der Waals surface area (Å²) in [7, 11) is -4.31. The molecule has 0 saturated carbocycles. The number of hydrogen-bond acceptors (Lipinski definition) is 0. The SMILES string of the molecule is C[Si](C)(C)[CH]([Si](C)(C)C)[Sn]([CH3])([CH3])[CH]([Si](C)(C)C)[Si](C)(C)C. The molecule has 0 heterocycles. The molecule has 0 fully saturated rings. The third kappa shape index (κ3) is 5.91. The van der Waals surface area contributed by atoms with E-state index in [0.29, 0.717) is 0 Å². The third-order valence-electron chi connectivity index (χ3n) is 4.95. The Morgan fingerprint density at radius 1 is 0.429 bits per heavy atom. The summed E-state index contributed by atoms with van der Waals surface area (Å²) >= 11 is -2.17. The second kappa shape index (κ2) is 6.52. The van der Waals surface area contributed by atoms with Gasteiger partial charge in [-0.3, -0.25) is 0 Å². The first kappa shape index (κ1) is 22.7. The van der Waals surface area contributed by atoms with Crippen LogP contribution in [-0.2, 0) is 0 Å². The molecular formula is C16H44Si4Sn. The molecule has 0 aromatic heterocycles. The number of rotatable bonds is 6. The summed E-state index contributed by atoms with van der Waals surface area (Å²) in [5, 5.41) is 0. The van der Waals surface area contributed by atoms with Crippen LogP contribution < -0.4 is 0 Å². The van der Waals surface area contributed by atoms with Crippen LogP contribution >= 0.6 is 0 Å². The topological polar surface area (TPSA) is 0 Å². The Hall–Kier alpha value is 1.67. The number of hydrogen-bond donors (Lipinski definition) is 0. The van der Waals surface area contributed by atoms with Crippen molar-refractivity contribution >= 4 is 50.7 Å². The van der Waals surface area contributed by atoms with Crippen LogP contribution in [0.4, 0.5) is 0 Å². The first-order chi connectivity index (χ1) is 8.73. The first-order valence-corrected chi connectivity index (χ1v) is 32.0. The molecule has 0 aliphatic heterocycles. The predicted octanol–water partition coefficient (Wildman–Crippen LogP) is 6.94. The quantitative estimate of drug-likeness (QED) is 0.371. The Kier molecular flexibility index (Phi) is 7.04. The molecule has 0 saturated heterocycles. The molecule has 0 spiro atoms. The van der Waals surface area contributed by atoms with Gasteiger partial charge < -0.3 is 0 Å². The summed E-state index contributed by atoms with van der Waals surface area (Å²) < 4.78 is 2.42. The van der Waals surface area contributed by atoms with Gasteiger partial charge in [-0.05, 0) is 0 Å². The fourth-order valence-electron chi connectivity index (χ4n) is 7.23. The van der Waals surface area contributed by atoms with Gasteiger partial charge in [0.15, 0.2) is 0 Å². The van der Waals surface area contributed by atoms with Crippen molar-refractivity contribution in [3.8, 4) is 0 Å². The molecule has 0 bridgehead atoms. The van der Waals surface area contributed by atoms with E-state index >= 15 is 0 Å². The molecule has 0 rings (SSSR count). The van der Waals surface area contributed by atoms with E-state index in [9.17, 15) is 0 Å². The minimum absolute atomic E-state index is 1.08. The fraction of sp³-hybridized carbons (Fsp3) is 1.00. The fourth-order valence-corrected chi connectivity index (χ4v) is 123. The molecule has 21 heavy (non-hydrogen) atoms. The Labute approximate surface area is 144 Å². The van der Waals surface area contributed by atoms with Gasteiger partial charge in [0.2, 0.25) is 0 Å². The van der Waals surface area contributed by atoms with E-state index in [1.165, 1.54) is 6.36 Å². The van der Waals surface area contributed by atoms with Gasteiger partial charge in [-0.15, -0.1) is 0 Å². The van der Waals surface area contributed by atoms with Crippen molar-refractivity contribution in [1.82, 2.24) is 0 Å². The van der Waals surface area contributed by atoms with Crippen molar-refractivity contribution < 1.29 is 0 Å². The van der Waals surface area contributed by atoms with E-state index in [-0.39, 0.29) is 0 Å². The molecule has 0 unspecified atom stereocenters. The van der Waals surface area contributed by atoms with Crippen LogP contribution in [0, 0.1) is 0 Å². The van der Waals surface area contributed by atoms with Crippen LogP contribution in [0.15, 0.2) is 0 Å². The van der Waals surface area contributed by atoms with Gasteiger partial charge in [-0.1, -0.05) is 0 Å². The second-order valence-electron chi connectivity index (χ2n) is 12.2. The maximum absolute atomic E-state index is 2.87. The molecule has 0 amide bonds. The maximum atomic E-state index is 2.87. The Morgan fingerprint density at radius 3 is 0.667 bits per heavy atom. The van der Waals surface area contributed by atoms with E-state index in [1.807, 2.05) is 0 Å². The Bertz CT molecular complexity index is 288. The van der Waals surface area contributed by atoms with Gasteiger partial charge in [0.1, 0.15) is 0 Å². The van der Waals surface area contributed by atoms with Crippen LogP contribution in [0.2, 0.25) is 94.8 Å². The Morgan fingerprint density at radius 2 is 0.571 bits per heavy atom. The normalized spacial score (nSPS) is 16.0. The van der Waals surface area contributed by atoms with E-state index < -0.39 is 50.7 Å². The van der Waals surface area contributed by atoms with Gasteiger partial charge in [0, 0.05) is 0 Å². The summed E-state index contributed by atoms with van der Waals surface area (Å²) in [5.41, 5.74) is 0. The van der Waals surface area contributed by atoms with Crippen molar-refractivity contribution in [1.29, 1.82) is 0 Å². The van der Waals surface area contributed by atoms with Gasteiger partial charge >= 0.3 is 145 Å². The Balaban J connectivity index is 6.21. The molecule has 0 nitrogen and oxygen atoms in total. The minimum atomic E-state index is -2.17. The summed E-state index contributed by atoms with van der Waals surface area (Å²) in [5.74, 6) is 0. The predicted molar refractivity (Wildman–Crippen MR) is 118 cm³/mol. The third-order valence-corrected chi connectivity index (χ3v) is 80.4. The van der Waals surface area contributed by atoms with Crippen LogP contribution in [0.5, 0.6) is 0 Å². The summed E-state index contributed by atoms with van der Waals surface area (Å²) in [6, 6.07) is 0. The second-order valence-corrected chi connectivity index (χ2v) is 54.8. The molecule has 0 aromatic rings. The summed E-state index contributed by atoms with van der Waals surface area (Å²) in [6.45, 7) is 32.2. The van der Waals surface area contributed by atoms with Crippen LogP contribution in [-0.4, -0.2) is 50.7 Å². The van der Waals surface area contributed by atoms with Crippen LogP contribution in [0.3, 0.4) is 0 Å². The van der Waals surface area contributed by atoms with Crippen molar-refractivity contribution in [3.05, 3.63) is 0 Å². The molecule has 0 N–H and O–H groups in total. The molecule has 0 radical (unpaired) electrons. The van der Waals surface area contributed by atoms with E-state index in [4.69, 9.17) is 0 Å². The van der Waals surface area contributed by atoms with E-state index in [2.05, 4.69) is 88.4 Å².